The average Bonchev–Trinajstić information content (AvgIpc) is 2.79. The number of ether oxygens (including phenoxy) is 2. The van der Waals surface area contributed by atoms with Gasteiger partial charge in [0.15, 0.2) is 0 Å². The van der Waals surface area contributed by atoms with Crippen LogP contribution in [-0.2, 0) is 11.0 Å². The Kier molecular flexibility index (Phi) is 6.70. The lowest BCUT2D eigenvalue weighted by Gasteiger charge is -2.14. The Morgan fingerprint density at radius 3 is 2.17 bits per heavy atom. The molecular weight excluding hydrogens is 473 g/mol. The molecule has 0 atom stereocenters. The molecule has 0 N–H and O–H groups in total. The standard InChI is InChI=1S/C28H21F3O5/c1-16-4-6-19(7-5-16)8-11-24(32)34-20-9-10-22-23(15-20)36-27(28(29,30)31)26(25(22)33)35-21-13-17(2)12-18(3)14-21/h4-15H,1-3H3/b11-8+. The summed E-state index contributed by atoms with van der Waals surface area (Å²) in [6.45, 7) is 5.45. The molecule has 1 aromatic heterocycles. The third kappa shape index (κ3) is 5.66. The average molecular weight is 494 g/mol. The van der Waals surface area contributed by atoms with Crippen molar-refractivity contribution >= 4 is 23.0 Å². The minimum atomic E-state index is -5.01. The summed E-state index contributed by atoms with van der Waals surface area (Å²) in [4.78, 5) is 25.2. The minimum absolute atomic E-state index is 0.0792. The molecule has 5 nitrogen and oxygen atoms in total. The Morgan fingerprint density at radius 1 is 0.861 bits per heavy atom. The number of aryl methyl sites for hydroxylation is 3. The molecule has 0 fully saturated rings. The Bertz CT molecular complexity index is 1510. The van der Waals surface area contributed by atoms with Crippen molar-refractivity contribution in [1.82, 2.24) is 0 Å². The number of alkyl halides is 3. The van der Waals surface area contributed by atoms with Gasteiger partial charge < -0.3 is 13.9 Å². The predicted octanol–water partition coefficient (Wildman–Crippen LogP) is 7.15. The van der Waals surface area contributed by atoms with Crippen molar-refractivity contribution in [2.75, 3.05) is 0 Å². The molecule has 184 valence electrons. The minimum Gasteiger partial charge on any atom is -0.449 e. The van der Waals surface area contributed by atoms with Crippen LogP contribution in [0.4, 0.5) is 13.2 Å². The van der Waals surface area contributed by atoms with E-state index in [0.717, 1.165) is 28.3 Å². The van der Waals surface area contributed by atoms with Crippen LogP contribution in [0.1, 0.15) is 28.0 Å². The molecule has 0 aliphatic heterocycles. The summed E-state index contributed by atoms with van der Waals surface area (Å²) >= 11 is 0. The van der Waals surface area contributed by atoms with E-state index in [1.165, 1.54) is 30.3 Å². The zero-order valence-corrected chi connectivity index (χ0v) is 19.6. The van der Waals surface area contributed by atoms with Gasteiger partial charge in [-0.05, 0) is 67.8 Å². The summed E-state index contributed by atoms with van der Waals surface area (Å²) in [6, 6.07) is 15.8. The number of hydrogen-bond donors (Lipinski definition) is 0. The summed E-state index contributed by atoms with van der Waals surface area (Å²) in [5.41, 5.74) is 1.95. The van der Waals surface area contributed by atoms with Crippen molar-refractivity contribution in [2.45, 2.75) is 26.9 Å². The van der Waals surface area contributed by atoms with E-state index in [-0.39, 0.29) is 16.9 Å². The van der Waals surface area contributed by atoms with E-state index < -0.39 is 34.7 Å². The van der Waals surface area contributed by atoms with Gasteiger partial charge in [0.1, 0.15) is 17.1 Å². The number of esters is 1. The van der Waals surface area contributed by atoms with Gasteiger partial charge in [0.05, 0.1) is 5.39 Å². The number of halogens is 3. The van der Waals surface area contributed by atoms with Crippen LogP contribution >= 0.6 is 0 Å². The van der Waals surface area contributed by atoms with Gasteiger partial charge in [-0.1, -0.05) is 35.9 Å². The number of hydrogen-bond acceptors (Lipinski definition) is 5. The van der Waals surface area contributed by atoms with Gasteiger partial charge in [0, 0.05) is 12.1 Å². The van der Waals surface area contributed by atoms with Gasteiger partial charge in [-0.25, -0.2) is 4.79 Å². The first-order valence-electron chi connectivity index (χ1n) is 10.9. The van der Waals surface area contributed by atoms with Crippen molar-refractivity contribution in [3.05, 3.63) is 105 Å². The molecule has 0 spiro atoms. The van der Waals surface area contributed by atoms with Crippen molar-refractivity contribution in [3.8, 4) is 17.2 Å². The second-order valence-corrected chi connectivity index (χ2v) is 8.34. The van der Waals surface area contributed by atoms with Crippen LogP contribution in [-0.4, -0.2) is 5.97 Å². The van der Waals surface area contributed by atoms with Crippen LogP contribution < -0.4 is 14.9 Å². The Hall–Kier alpha value is -4.33. The maximum Gasteiger partial charge on any atom is 0.453 e. The Balaban J connectivity index is 1.67. The van der Waals surface area contributed by atoms with Crippen LogP contribution in [0.3, 0.4) is 0 Å². The number of fused-ring (bicyclic) bond motifs is 1. The highest BCUT2D eigenvalue weighted by Crippen LogP contribution is 2.39. The van der Waals surface area contributed by atoms with E-state index in [9.17, 15) is 22.8 Å². The van der Waals surface area contributed by atoms with E-state index in [4.69, 9.17) is 13.9 Å². The molecule has 0 aliphatic rings. The summed E-state index contributed by atoms with van der Waals surface area (Å²) in [5.74, 6) is -3.30. The second kappa shape index (κ2) is 9.73. The smallest absolute Gasteiger partial charge is 0.449 e. The van der Waals surface area contributed by atoms with Crippen LogP contribution in [0.5, 0.6) is 17.2 Å². The molecule has 0 aliphatic carbocycles. The molecule has 0 amide bonds. The van der Waals surface area contributed by atoms with Crippen molar-refractivity contribution in [3.63, 3.8) is 0 Å². The van der Waals surface area contributed by atoms with Gasteiger partial charge >= 0.3 is 12.1 Å². The summed E-state index contributed by atoms with van der Waals surface area (Å²) < 4.78 is 57.1. The highest BCUT2D eigenvalue weighted by Gasteiger charge is 2.40. The zero-order chi connectivity index (χ0) is 26.0. The summed E-state index contributed by atoms with van der Waals surface area (Å²) in [5, 5.41) is -0.155. The number of carbonyl (C=O) groups is 1. The van der Waals surface area contributed by atoms with E-state index in [1.54, 1.807) is 19.9 Å². The third-order valence-electron chi connectivity index (χ3n) is 5.20. The molecule has 8 heteroatoms. The largest absolute Gasteiger partial charge is 0.453 e. The zero-order valence-electron chi connectivity index (χ0n) is 19.6. The van der Waals surface area contributed by atoms with Crippen molar-refractivity contribution in [2.24, 2.45) is 0 Å². The fourth-order valence-corrected chi connectivity index (χ4v) is 3.60. The van der Waals surface area contributed by atoms with Gasteiger partial charge in [-0.15, -0.1) is 0 Å². The van der Waals surface area contributed by atoms with Gasteiger partial charge in [0.25, 0.3) is 5.76 Å². The number of benzene rings is 3. The Morgan fingerprint density at radius 2 is 1.53 bits per heavy atom. The maximum atomic E-state index is 13.8. The van der Waals surface area contributed by atoms with E-state index >= 15 is 0 Å². The monoisotopic (exact) mass is 494 g/mol. The molecule has 0 saturated heterocycles. The predicted molar refractivity (Wildman–Crippen MR) is 129 cm³/mol. The first-order valence-corrected chi connectivity index (χ1v) is 10.9. The highest BCUT2D eigenvalue weighted by molar-refractivity contribution is 5.89. The molecular formula is C28H21F3O5. The number of carbonyl (C=O) groups excluding carboxylic acids is 1. The topological polar surface area (TPSA) is 65.7 Å². The van der Waals surface area contributed by atoms with Crippen LogP contribution in [0.25, 0.3) is 17.0 Å². The van der Waals surface area contributed by atoms with E-state index in [0.29, 0.717) is 0 Å². The molecule has 4 rings (SSSR count). The van der Waals surface area contributed by atoms with E-state index in [2.05, 4.69) is 0 Å². The van der Waals surface area contributed by atoms with Gasteiger partial charge in [-0.2, -0.15) is 13.2 Å². The summed E-state index contributed by atoms with van der Waals surface area (Å²) in [6.07, 6.45) is -2.28. The summed E-state index contributed by atoms with van der Waals surface area (Å²) in [7, 11) is 0. The van der Waals surface area contributed by atoms with E-state index in [1.807, 2.05) is 37.3 Å². The first kappa shape index (κ1) is 24.8. The highest BCUT2D eigenvalue weighted by atomic mass is 19.4. The molecule has 3 aromatic carbocycles. The molecule has 1 heterocycles. The van der Waals surface area contributed by atoms with Crippen LogP contribution in [0, 0.1) is 20.8 Å². The molecule has 0 unspecified atom stereocenters. The Labute approximate surface area is 204 Å². The fourth-order valence-electron chi connectivity index (χ4n) is 3.60. The number of rotatable bonds is 5. The van der Waals surface area contributed by atoms with Crippen molar-refractivity contribution < 1.29 is 31.9 Å². The van der Waals surface area contributed by atoms with Gasteiger partial charge in [-0.3, -0.25) is 4.79 Å². The fraction of sp³-hybridized carbons (Fsp3) is 0.143. The molecule has 0 saturated carbocycles. The lowest BCUT2D eigenvalue weighted by Crippen LogP contribution is -2.15. The molecule has 0 radical (unpaired) electrons. The third-order valence-corrected chi connectivity index (χ3v) is 5.20. The normalized spacial score (nSPS) is 11.7. The quantitative estimate of drug-likeness (QED) is 0.168. The lowest BCUT2D eigenvalue weighted by molar-refractivity contribution is -0.154. The van der Waals surface area contributed by atoms with Crippen LogP contribution in [0.2, 0.25) is 0 Å². The first-order chi connectivity index (χ1) is 17.0. The SMILES string of the molecule is Cc1ccc(/C=C/C(=O)Oc2ccc3c(=O)c(Oc4cc(C)cc(C)c4)c(C(F)(F)F)oc3c2)cc1. The van der Waals surface area contributed by atoms with Gasteiger partial charge in [0.2, 0.25) is 11.2 Å². The lowest BCUT2D eigenvalue weighted by atomic mass is 10.1. The van der Waals surface area contributed by atoms with Crippen molar-refractivity contribution in [1.29, 1.82) is 0 Å². The maximum absolute atomic E-state index is 13.8. The second-order valence-electron chi connectivity index (χ2n) is 8.34. The van der Waals surface area contributed by atoms with Crippen LogP contribution in [0.15, 0.2) is 76.0 Å². The molecule has 4 aromatic rings. The molecule has 36 heavy (non-hydrogen) atoms. The molecule has 0 bridgehead atoms.